The van der Waals surface area contributed by atoms with E-state index in [0.29, 0.717) is 0 Å². The second kappa shape index (κ2) is 10.9. The molecular formula is C42H28S. The van der Waals surface area contributed by atoms with Gasteiger partial charge in [0.2, 0.25) is 0 Å². The lowest BCUT2D eigenvalue weighted by Gasteiger charge is -2.13. The van der Waals surface area contributed by atoms with Crippen molar-refractivity contribution in [1.29, 1.82) is 0 Å². The van der Waals surface area contributed by atoms with Gasteiger partial charge in [0, 0.05) is 20.9 Å². The molecule has 8 rings (SSSR count). The van der Waals surface area contributed by atoms with Crippen molar-refractivity contribution >= 4 is 32.9 Å². The molecule has 202 valence electrons. The number of hydrogen-bond donors (Lipinski definition) is 0. The van der Waals surface area contributed by atoms with Crippen LogP contribution in [0.25, 0.3) is 75.8 Å². The topological polar surface area (TPSA) is 0 Å². The molecule has 0 bridgehead atoms. The third-order valence-corrected chi connectivity index (χ3v) is 9.56. The zero-order valence-electron chi connectivity index (χ0n) is 23.6. The summed E-state index contributed by atoms with van der Waals surface area (Å²) >= 11 is 1.89. The minimum Gasteiger partial charge on any atom is -0.134 e. The number of benzene rings is 7. The molecule has 1 heteroatoms. The molecule has 0 aliphatic carbocycles. The predicted octanol–water partition coefficient (Wildman–Crippen LogP) is 12.4. The number of thiophene rings is 1. The van der Waals surface area contributed by atoms with Crippen molar-refractivity contribution in [2.24, 2.45) is 0 Å². The Labute approximate surface area is 256 Å². The van der Waals surface area contributed by atoms with Gasteiger partial charge in [0.15, 0.2) is 0 Å². The van der Waals surface area contributed by atoms with E-state index in [1.54, 1.807) is 0 Å². The van der Waals surface area contributed by atoms with Gasteiger partial charge in [0.25, 0.3) is 0 Å². The summed E-state index contributed by atoms with van der Waals surface area (Å²) in [6.07, 6.45) is 0. The quantitative estimate of drug-likeness (QED) is 0.182. The van der Waals surface area contributed by atoms with E-state index < -0.39 is 0 Å². The maximum Gasteiger partial charge on any atom is 0.0434 e. The fourth-order valence-electron chi connectivity index (χ4n) is 6.30. The van der Waals surface area contributed by atoms with Crippen molar-refractivity contribution in [1.82, 2.24) is 0 Å². The van der Waals surface area contributed by atoms with Crippen LogP contribution in [-0.4, -0.2) is 0 Å². The van der Waals surface area contributed by atoms with E-state index in [1.807, 2.05) is 11.3 Å². The minimum absolute atomic E-state index is 1.23. The van der Waals surface area contributed by atoms with E-state index in [4.69, 9.17) is 0 Å². The maximum absolute atomic E-state index is 2.31. The van der Waals surface area contributed by atoms with Gasteiger partial charge in [-0.15, -0.1) is 11.3 Å². The van der Waals surface area contributed by atoms with Crippen LogP contribution in [-0.2, 0) is 0 Å². The van der Waals surface area contributed by atoms with Crippen molar-refractivity contribution in [2.45, 2.75) is 0 Å². The largest absolute Gasteiger partial charge is 0.134 e. The summed E-state index contributed by atoms with van der Waals surface area (Å²) in [6, 6.07) is 61.5. The fourth-order valence-corrected chi connectivity index (χ4v) is 7.66. The second-order valence-corrected chi connectivity index (χ2v) is 11.9. The zero-order valence-corrected chi connectivity index (χ0v) is 24.4. The first kappa shape index (κ1) is 25.5. The predicted molar refractivity (Wildman–Crippen MR) is 187 cm³/mol. The first-order chi connectivity index (χ1) is 21.3. The van der Waals surface area contributed by atoms with E-state index in [-0.39, 0.29) is 0 Å². The van der Waals surface area contributed by atoms with E-state index in [9.17, 15) is 0 Å². The fraction of sp³-hybridized carbons (Fsp3) is 0. The molecule has 0 fully saturated rings. The molecule has 0 saturated carbocycles. The van der Waals surface area contributed by atoms with Gasteiger partial charge in [0.1, 0.15) is 0 Å². The third-order valence-electron chi connectivity index (χ3n) is 8.28. The highest BCUT2D eigenvalue weighted by Crippen LogP contribution is 2.52. The van der Waals surface area contributed by atoms with Gasteiger partial charge in [-0.05, 0) is 61.0 Å². The van der Waals surface area contributed by atoms with Crippen LogP contribution in [0.15, 0.2) is 170 Å². The summed E-state index contributed by atoms with van der Waals surface area (Å²) in [7, 11) is 0. The summed E-state index contributed by atoms with van der Waals surface area (Å²) in [5, 5.41) is 5.11. The molecule has 1 aromatic heterocycles. The Hall–Kier alpha value is -5.24. The summed E-state index contributed by atoms with van der Waals surface area (Å²) in [4.78, 5) is 2.59. The molecule has 0 aliphatic heterocycles. The minimum atomic E-state index is 1.23. The SMILES string of the molecule is c1ccc(-c2sc(-c3ccc(-c4c5ccccc5cc5ccccc45)cc3)c(-c3ccccc3)c2-c2ccccc2)cc1. The Morgan fingerprint density at radius 3 is 1.12 bits per heavy atom. The Bertz CT molecular complexity index is 2140. The summed E-state index contributed by atoms with van der Waals surface area (Å²) in [5.41, 5.74) is 10.1. The van der Waals surface area contributed by atoms with Crippen LogP contribution in [0.2, 0.25) is 0 Å². The molecule has 1 heterocycles. The van der Waals surface area contributed by atoms with Crippen molar-refractivity contribution in [3.63, 3.8) is 0 Å². The zero-order chi connectivity index (χ0) is 28.6. The van der Waals surface area contributed by atoms with Gasteiger partial charge in [-0.2, -0.15) is 0 Å². The first-order valence-corrected chi connectivity index (χ1v) is 15.5. The Balaban J connectivity index is 1.36. The maximum atomic E-state index is 2.31. The van der Waals surface area contributed by atoms with E-state index in [1.165, 1.54) is 75.8 Å². The van der Waals surface area contributed by atoms with Crippen LogP contribution in [0.3, 0.4) is 0 Å². The summed E-state index contributed by atoms with van der Waals surface area (Å²) in [5.74, 6) is 0. The van der Waals surface area contributed by atoms with E-state index in [2.05, 4.69) is 170 Å². The molecule has 0 amide bonds. The lowest BCUT2D eigenvalue weighted by Crippen LogP contribution is -1.87. The first-order valence-electron chi connectivity index (χ1n) is 14.7. The molecule has 0 unspecified atom stereocenters. The molecule has 0 radical (unpaired) electrons. The van der Waals surface area contributed by atoms with Gasteiger partial charge in [-0.25, -0.2) is 0 Å². The standard InChI is InChI=1S/C42H28S/c1-4-14-29(15-5-1)39-40(30-16-6-2-7-17-30)42(43-41(39)32-18-8-3-9-19-32)33-26-24-31(25-27-33)38-36-22-12-10-20-34(36)28-35-21-11-13-23-37(35)38/h1-28H. The van der Waals surface area contributed by atoms with Crippen LogP contribution >= 0.6 is 11.3 Å². The molecular weight excluding hydrogens is 537 g/mol. The number of fused-ring (bicyclic) bond motifs is 2. The Kier molecular flexibility index (Phi) is 6.44. The molecule has 0 nitrogen and oxygen atoms in total. The molecule has 7 aromatic carbocycles. The molecule has 8 aromatic rings. The monoisotopic (exact) mass is 564 g/mol. The van der Waals surface area contributed by atoms with Crippen LogP contribution in [0, 0.1) is 0 Å². The number of rotatable bonds is 5. The van der Waals surface area contributed by atoms with Crippen molar-refractivity contribution < 1.29 is 0 Å². The van der Waals surface area contributed by atoms with Gasteiger partial charge < -0.3 is 0 Å². The van der Waals surface area contributed by atoms with E-state index >= 15 is 0 Å². The third kappa shape index (κ3) is 4.55. The van der Waals surface area contributed by atoms with Crippen LogP contribution in [0.1, 0.15) is 0 Å². The molecule has 0 aliphatic rings. The Morgan fingerprint density at radius 2 is 0.628 bits per heavy atom. The molecule has 0 atom stereocenters. The summed E-state index contributed by atoms with van der Waals surface area (Å²) in [6.45, 7) is 0. The van der Waals surface area contributed by atoms with Crippen LogP contribution in [0.5, 0.6) is 0 Å². The van der Waals surface area contributed by atoms with Crippen LogP contribution in [0.4, 0.5) is 0 Å². The highest BCUT2D eigenvalue weighted by molar-refractivity contribution is 7.20. The van der Waals surface area contributed by atoms with Gasteiger partial charge in [-0.1, -0.05) is 164 Å². The normalized spacial score (nSPS) is 11.3. The van der Waals surface area contributed by atoms with Crippen molar-refractivity contribution in [2.75, 3.05) is 0 Å². The van der Waals surface area contributed by atoms with Crippen molar-refractivity contribution in [3.05, 3.63) is 170 Å². The lowest BCUT2D eigenvalue weighted by atomic mass is 9.90. The van der Waals surface area contributed by atoms with Crippen molar-refractivity contribution in [3.8, 4) is 54.3 Å². The average molecular weight is 565 g/mol. The summed E-state index contributed by atoms with van der Waals surface area (Å²) < 4.78 is 0. The Morgan fingerprint density at radius 1 is 0.279 bits per heavy atom. The molecule has 0 saturated heterocycles. The highest BCUT2D eigenvalue weighted by Gasteiger charge is 2.23. The van der Waals surface area contributed by atoms with Gasteiger partial charge in [-0.3, -0.25) is 0 Å². The van der Waals surface area contributed by atoms with Gasteiger partial charge >= 0.3 is 0 Å². The lowest BCUT2D eigenvalue weighted by molar-refractivity contribution is 1.61. The highest BCUT2D eigenvalue weighted by atomic mass is 32.1. The van der Waals surface area contributed by atoms with Crippen LogP contribution < -0.4 is 0 Å². The second-order valence-electron chi connectivity index (χ2n) is 10.9. The molecule has 43 heavy (non-hydrogen) atoms. The van der Waals surface area contributed by atoms with Gasteiger partial charge in [0.05, 0.1) is 0 Å². The average Bonchev–Trinajstić information content (AvgIpc) is 3.49. The molecule has 0 spiro atoms. The molecule has 0 N–H and O–H groups in total. The van der Waals surface area contributed by atoms with E-state index in [0.717, 1.165) is 0 Å². The smallest absolute Gasteiger partial charge is 0.0434 e. The number of hydrogen-bond acceptors (Lipinski definition) is 1.